The first-order chi connectivity index (χ1) is 17.0. The fraction of sp³-hybridized carbons (Fsp3) is 0.120. The van der Waals surface area contributed by atoms with Crippen LogP contribution in [0, 0.1) is 0 Å². The fourth-order valence-electron chi connectivity index (χ4n) is 3.56. The van der Waals surface area contributed by atoms with Gasteiger partial charge in [-0.3, -0.25) is 9.36 Å². The number of nitrogens with one attached hydrogen (secondary N) is 1. The summed E-state index contributed by atoms with van der Waals surface area (Å²) < 4.78 is 82.5. The molecule has 0 aliphatic heterocycles. The zero-order valence-corrected chi connectivity index (χ0v) is 18.3. The van der Waals surface area contributed by atoms with E-state index in [9.17, 15) is 31.1 Å². The summed E-state index contributed by atoms with van der Waals surface area (Å²) in [5, 5.41) is 2.64. The maximum atomic E-state index is 13.5. The molecule has 0 spiro atoms. The van der Waals surface area contributed by atoms with Gasteiger partial charge in [-0.2, -0.15) is 13.2 Å². The first kappa shape index (κ1) is 24.8. The number of benzene rings is 3. The van der Waals surface area contributed by atoms with Gasteiger partial charge >= 0.3 is 12.5 Å². The summed E-state index contributed by atoms with van der Waals surface area (Å²) in [5.74, 6) is -0.924. The Balaban J connectivity index is 1.52. The average Bonchev–Trinajstić information content (AvgIpc) is 3.32. The number of amides is 1. The van der Waals surface area contributed by atoms with E-state index in [1.54, 1.807) is 12.1 Å². The number of rotatable bonds is 6. The third-order valence-electron chi connectivity index (χ3n) is 5.15. The smallest absolute Gasteiger partial charge is 0.406 e. The lowest BCUT2D eigenvalue weighted by Gasteiger charge is -2.14. The van der Waals surface area contributed by atoms with Gasteiger partial charge in [0, 0.05) is 12.2 Å². The summed E-state index contributed by atoms with van der Waals surface area (Å²) in [6, 6.07) is 16.4. The normalized spacial score (nSPS) is 11.8. The Morgan fingerprint density at radius 2 is 1.64 bits per heavy atom. The van der Waals surface area contributed by atoms with Gasteiger partial charge in [0.2, 0.25) is 0 Å². The maximum Gasteiger partial charge on any atom is 0.573 e. The van der Waals surface area contributed by atoms with Crippen LogP contribution in [0.5, 0.6) is 5.75 Å². The van der Waals surface area contributed by atoms with Crippen molar-refractivity contribution in [1.82, 2.24) is 14.9 Å². The molecule has 1 heterocycles. The zero-order chi connectivity index (χ0) is 25.9. The molecule has 0 saturated heterocycles. The molecule has 3 aromatic carbocycles. The summed E-state index contributed by atoms with van der Waals surface area (Å²) in [5.41, 5.74) is 0.582. The van der Waals surface area contributed by atoms with E-state index in [-0.39, 0.29) is 23.6 Å². The Bertz CT molecular complexity index is 1360. The average molecular weight is 505 g/mol. The number of hydrogen-bond acceptors (Lipinski definition) is 3. The van der Waals surface area contributed by atoms with E-state index in [0.717, 1.165) is 18.2 Å². The molecule has 0 radical (unpaired) electrons. The molecule has 0 aliphatic rings. The molecule has 11 heteroatoms. The van der Waals surface area contributed by atoms with Crippen LogP contribution in [0.3, 0.4) is 0 Å². The summed E-state index contributed by atoms with van der Waals surface area (Å²) in [4.78, 5) is 16.8. The van der Waals surface area contributed by atoms with E-state index in [1.165, 1.54) is 59.6 Å². The van der Waals surface area contributed by atoms with Crippen molar-refractivity contribution in [3.63, 3.8) is 0 Å². The number of hydrogen-bond donors (Lipinski definition) is 1. The molecule has 0 saturated carbocycles. The predicted molar refractivity (Wildman–Crippen MR) is 118 cm³/mol. The second-order valence-electron chi connectivity index (χ2n) is 7.62. The van der Waals surface area contributed by atoms with Crippen molar-refractivity contribution < 1.29 is 35.9 Å². The van der Waals surface area contributed by atoms with Crippen molar-refractivity contribution in [2.75, 3.05) is 0 Å². The molecule has 0 fully saturated rings. The van der Waals surface area contributed by atoms with Crippen LogP contribution < -0.4 is 10.1 Å². The Morgan fingerprint density at radius 3 is 2.33 bits per heavy atom. The molecule has 0 unspecified atom stereocenters. The number of halogens is 6. The van der Waals surface area contributed by atoms with Crippen LogP contribution in [0.4, 0.5) is 26.3 Å². The van der Waals surface area contributed by atoms with Gasteiger partial charge in [0.25, 0.3) is 5.91 Å². The van der Waals surface area contributed by atoms with Gasteiger partial charge in [-0.1, -0.05) is 42.5 Å². The van der Waals surface area contributed by atoms with Crippen LogP contribution in [0.1, 0.15) is 21.6 Å². The van der Waals surface area contributed by atoms with Crippen molar-refractivity contribution in [3.05, 3.63) is 102 Å². The summed E-state index contributed by atoms with van der Waals surface area (Å²) in [6.45, 7) is 0.00923. The number of alkyl halides is 6. The van der Waals surface area contributed by atoms with E-state index < -0.39 is 24.0 Å². The minimum atomic E-state index is -4.81. The largest absolute Gasteiger partial charge is 0.573 e. The van der Waals surface area contributed by atoms with Crippen molar-refractivity contribution >= 4 is 5.91 Å². The highest BCUT2D eigenvalue weighted by Crippen LogP contribution is 2.37. The number of carbonyl (C=O) groups excluding carboxylic acids is 1. The molecular formula is C25H17F6N3O2. The highest BCUT2D eigenvalue weighted by molar-refractivity contribution is 5.93. The highest BCUT2D eigenvalue weighted by atomic mass is 19.4. The zero-order valence-electron chi connectivity index (χ0n) is 18.3. The van der Waals surface area contributed by atoms with Crippen LogP contribution in [-0.2, 0) is 12.7 Å². The molecule has 0 atom stereocenters. The van der Waals surface area contributed by atoms with Crippen LogP contribution >= 0.6 is 0 Å². The molecule has 4 rings (SSSR count). The minimum Gasteiger partial charge on any atom is -0.406 e. The van der Waals surface area contributed by atoms with Gasteiger partial charge in [0.05, 0.1) is 18.1 Å². The van der Waals surface area contributed by atoms with Gasteiger partial charge in [0.1, 0.15) is 11.4 Å². The third-order valence-corrected chi connectivity index (χ3v) is 5.15. The van der Waals surface area contributed by atoms with E-state index in [2.05, 4.69) is 15.0 Å². The summed E-state index contributed by atoms with van der Waals surface area (Å²) in [6.07, 6.45) is -6.69. The van der Waals surface area contributed by atoms with Crippen LogP contribution in [-0.4, -0.2) is 21.8 Å². The van der Waals surface area contributed by atoms with E-state index in [1.807, 2.05) is 0 Å². The highest BCUT2D eigenvalue weighted by Gasteiger charge is 2.33. The first-order valence-corrected chi connectivity index (χ1v) is 10.4. The number of imidazole rings is 1. The van der Waals surface area contributed by atoms with E-state index in [4.69, 9.17) is 0 Å². The van der Waals surface area contributed by atoms with E-state index in [0.29, 0.717) is 16.8 Å². The van der Waals surface area contributed by atoms with Gasteiger partial charge in [0.15, 0.2) is 0 Å². The maximum absolute atomic E-state index is 13.5. The Labute approximate surface area is 201 Å². The topological polar surface area (TPSA) is 56.1 Å². The van der Waals surface area contributed by atoms with Crippen LogP contribution in [0.15, 0.2) is 85.3 Å². The standard InChI is InChI=1S/C25H17F6N3O2/c26-24(27,28)21-7-2-1-6-20(21)17-4-3-5-18(12-17)34-15-32-14-22(34)23(35)33-13-16-8-10-19(11-9-16)36-25(29,30)31/h1-12,14-15H,13H2,(H,33,35). The molecule has 4 aromatic rings. The lowest BCUT2D eigenvalue weighted by molar-refractivity contribution is -0.274. The predicted octanol–water partition coefficient (Wildman–Crippen LogP) is 6.39. The number of carbonyl (C=O) groups is 1. The van der Waals surface area contributed by atoms with Crippen molar-refractivity contribution in [2.24, 2.45) is 0 Å². The van der Waals surface area contributed by atoms with Crippen LogP contribution in [0.2, 0.25) is 0 Å². The molecule has 36 heavy (non-hydrogen) atoms. The fourth-order valence-corrected chi connectivity index (χ4v) is 3.56. The lowest BCUT2D eigenvalue weighted by atomic mass is 9.99. The second-order valence-corrected chi connectivity index (χ2v) is 7.62. The molecule has 1 N–H and O–H groups in total. The molecular weight excluding hydrogens is 488 g/mol. The number of nitrogens with zero attached hydrogens (tertiary/aromatic N) is 2. The van der Waals surface area contributed by atoms with E-state index >= 15 is 0 Å². The van der Waals surface area contributed by atoms with Crippen molar-refractivity contribution in [2.45, 2.75) is 19.1 Å². The Kier molecular flexibility index (Phi) is 6.73. The second kappa shape index (κ2) is 9.76. The quantitative estimate of drug-likeness (QED) is 0.309. The molecule has 186 valence electrons. The molecule has 0 aliphatic carbocycles. The first-order valence-electron chi connectivity index (χ1n) is 10.4. The third kappa shape index (κ3) is 5.85. The summed E-state index contributed by atoms with van der Waals surface area (Å²) in [7, 11) is 0. The Morgan fingerprint density at radius 1 is 0.917 bits per heavy atom. The van der Waals surface area contributed by atoms with Gasteiger partial charge < -0.3 is 10.1 Å². The van der Waals surface area contributed by atoms with Gasteiger partial charge in [-0.25, -0.2) is 4.98 Å². The van der Waals surface area contributed by atoms with Crippen molar-refractivity contribution in [1.29, 1.82) is 0 Å². The molecule has 1 aromatic heterocycles. The lowest BCUT2D eigenvalue weighted by Crippen LogP contribution is -2.25. The minimum absolute atomic E-state index is 0.00378. The van der Waals surface area contributed by atoms with Gasteiger partial charge in [-0.05, 0) is 47.0 Å². The summed E-state index contributed by atoms with van der Waals surface area (Å²) >= 11 is 0. The monoisotopic (exact) mass is 505 g/mol. The Hall–Kier alpha value is -4.28. The molecule has 0 bridgehead atoms. The van der Waals surface area contributed by atoms with Crippen molar-refractivity contribution in [3.8, 4) is 22.6 Å². The van der Waals surface area contributed by atoms with Gasteiger partial charge in [-0.15, -0.1) is 13.2 Å². The molecule has 5 nitrogen and oxygen atoms in total. The number of ether oxygens (including phenoxy) is 1. The van der Waals surface area contributed by atoms with Crippen LogP contribution in [0.25, 0.3) is 16.8 Å². The SMILES string of the molecule is O=C(NCc1ccc(OC(F)(F)F)cc1)c1cncn1-c1cccc(-c2ccccc2C(F)(F)F)c1. The molecule has 1 amide bonds. The number of aromatic nitrogens is 2.